The van der Waals surface area contributed by atoms with Crippen molar-refractivity contribution in [2.24, 2.45) is 0 Å². The highest BCUT2D eigenvalue weighted by Gasteiger charge is 2.44. The van der Waals surface area contributed by atoms with E-state index in [9.17, 15) is 14.7 Å². The predicted octanol–water partition coefficient (Wildman–Crippen LogP) is 5.75. The number of carbonyl (C=O) groups excluding carboxylic acids is 2. The van der Waals surface area contributed by atoms with Crippen molar-refractivity contribution < 1.29 is 28.6 Å². The zero-order valence-corrected chi connectivity index (χ0v) is 23.3. The maximum atomic E-state index is 13.1. The summed E-state index contributed by atoms with van der Waals surface area (Å²) in [7, 11) is -2.01. The maximum Gasteiger partial charge on any atom is 0.410 e. The number of hydrogen-bond donors (Lipinski definition) is 1. The molecule has 0 radical (unpaired) electrons. The average Bonchev–Trinajstić information content (AvgIpc) is 3.09. The van der Waals surface area contributed by atoms with Crippen LogP contribution in [-0.2, 0) is 18.7 Å². The monoisotopic (exact) mass is 493 g/mol. The smallest absolute Gasteiger partial charge is 0.410 e. The van der Waals surface area contributed by atoms with Crippen LogP contribution in [0.2, 0.25) is 18.1 Å². The van der Waals surface area contributed by atoms with Crippen LogP contribution in [0.15, 0.2) is 24.3 Å². The number of ether oxygens (including phenoxy) is 2. The van der Waals surface area contributed by atoms with E-state index in [0.29, 0.717) is 18.5 Å². The Hall–Kier alpha value is -1.90. The van der Waals surface area contributed by atoms with Gasteiger partial charge in [0.25, 0.3) is 0 Å². The van der Waals surface area contributed by atoms with Gasteiger partial charge in [0.15, 0.2) is 8.32 Å². The lowest BCUT2D eigenvalue weighted by molar-refractivity contribution is -0.145. The summed E-state index contributed by atoms with van der Waals surface area (Å²) in [6, 6.07) is 7.21. The molecule has 0 aromatic heterocycles. The van der Waals surface area contributed by atoms with Crippen molar-refractivity contribution in [3.63, 3.8) is 0 Å². The molecule has 3 atom stereocenters. The standard InChI is InChI=1S/C26H43NO6Si/c1-10-31-23(29)16-22(28)19-13-11-18(12-14-19)21-15-20(33-34(8,9)26(5,6)7)17-27(21)24(30)32-25(2,3)4/h11-14,20-22,28H,10,15-17H2,1-9H3/t20-,21-,22-/m1/s1. The molecule has 1 aromatic rings. The van der Waals surface area contributed by atoms with Crippen LogP contribution in [0.1, 0.15) is 84.6 Å². The molecule has 1 saturated heterocycles. The third kappa shape index (κ3) is 7.55. The van der Waals surface area contributed by atoms with E-state index < -0.39 is 26.0 Å². The Bertz CT molecular complexity index is 840. The number of aliphatic hydroxyl groups is 1. The van der Waals surface area contributed by atoms with E-state index in [-0.39, 0.29) is 36.3 Å². The second-order valence-corrected chi connectivity index (χ2v) is 16.3. The van der Waals surface area contributed by atoms with Crippen LogP contribution in [0.5, 0.6) is 0 Å². The van der Waals surface area contributed by atoms with Gasteiger partial charge in [0, 0.05) is 6.54 Å². The molecular formula is C26H43NO6Si. The first-order valence-electron chi connectivity index (χ1n) is 12.1. The number of amides is 1. The SMILES string of the molecule is CCOC(=O)C[C@@H](O)c1ccc([C@H]2C[C@@H](O[Si](C)(C)C(C)(C)C)CN2C(=O)OC(C)(C)C)cc1. The first-order valence-corrected chi connectivity index (χ1v) is 15.1. The lowest BCUT2D eigenvalue weighted by atomic mass is 9.99. The number of aliphatic hydroxyl groups excluding tert-OH is 1. The first kappa shape index (κ1) is 28.3. The number of carbonyl (C=O) groups is 2. The third-order valence-corrected chi connectivity index (χ3v) is 11.1. The lowest BCUT2D eigenvalue weighted by Gasteiger charge is -2.38. The minimum absolute atomic E-state index is 0.0680. The minimum atomic E-state index is -2.01. The van der Waals surface area contributed by atoms with Gasteiger partial charge in [-0.05, 0) is 63.4 Å². The summed E-state index contributed by atoms with van der Waals surface area (Å²) in [5.74, 6) is -0.434. The van der Waals surface area contributed by atoms with E-state index in [1.165, 1.54) is 0 Å². The number of rotatable bonds is 7. The quantitative estimate of drug-likeness (QED) is 0.385. The van der Waals surface area contributed by atoms with Crippen molar-refractivity contribution in [1.82, 2.24) is 4.90 Å². The third-order valence-electron chi connectivity index (χ3n) is 6.53. The summed E-state index contributed by atoms with van der Waals surface area (Å²) in [6.45, 7) is 19.1. The van der Waals surface area contributed by atoms with Crippen molar-refractivity contribution in [3.8, 4) is 0 Å². The van der Waals surface area contributed by atoms with Crippen molar-refractivity contribution in [3.05, 3.63) is 35.4 Å². The summed E-state index contributed by atoms with van der Waals surface area (Å²) >= 11 is 0. The zero-order valence-electron chi connectivity index (χ0n) is 22.3. The number of esters is 1. The van der Waals surface area contributed by atoms with Gasteiger partial charge in [0.2, 0.25) is 0 Å². The fourth-order valence-electron chi connectivity index (χ4n) is 3.75. The molecule has 0 bridgehead atoms. The Balaban J connectivity index is 2.24. The van der Waals surface area contributed by atoms with E-state index in [1.54, 1.807) is 24.0 Å². The summed E-state index contributed by atoms with van der Waals surface area (Å²) in [5, 5.41) is 10.5. The molecular weight excluding hydrogens is 450 g/mol. The highest BCUT2D eigenvalue weighted by Crippen LogP contribution is 2.41. The molecule has 7 nitrogen and oxygen atoms in total. The molecule has 1 amide bonds. The highest BCUT2D eigenvalue weighted by molar-refractivity contribution is 6.74. The van der Waals surface area contributed by atoms with Gasteiger partial charge in [0.05, 0.1) is 31.3 Å². The molecule has 8 heteroatoms. The maximum absolute atomic E-state index is 13.1. The minimum Gasteiger partial charge on any atom is -0.466 e. The lowest BCUT2D eigenvalue weighted by Crippen LogP contribution is -2.45. The van der Waals surface area contributed by atoms with Crippen LogP contribution < -0.4 is 0 Å². The van der Waals surface area contributed by atoms with Gasteiger partial charge in [-0.15, -0.1) is 0 Å². The van der Waals surface area contributed by atoms with Crippen molar-refractivity contribution in [1.29, 1.82) is 0 Å². The van der Waals surface area contributed by atoms with Crippen LogP contribution in [0, 0.1) is 0 Å². The molecule has 2 rings (SSSR count). The normalized spacial score (nSPS) is 20.2. The molecule has 1 aliphatic heterocycles. The Morgan fingerprint density at radius 3 is 2.21 bits per heavy atom. The molecule has 34 heavy (non-hydrogen) atoms. The van der Waals surface area contributed by atoms with E-state index in [2.05, 4.69) is 33.9 Å². The Morgan fingerprint density at radius 2 is 1.71 bits per heavy atom. The molecule has 0 saturated carbocycles. The van der Waals surface area contributed by atoms with Crippen molar-refractivity contribution in [2.45, 2.75) is 103 Å². The Morgan fingerprint density at radius 1 is 1.12 bits per heavy atom. The van der Waals surface area contributed by atoms with E-state index in [1.807, 2.05) is 32.9 Å². The van der Waals surface area contributed by atoms with E-state index in [0.717, 1.165) is 5.56 Å². The topological polar surface area (TPSA) is 85.3 Å². The van der Waals surface area contributed by atoms with Crippen LogP contribution in [0.4, 0.5) is 4.79 Å². The molecule has 1 aliphatic rings. The second-order valence-electron chi connectivity index (χ2n) is 11.6. The number of benzene rings is 1. The van der Waals surface area contributed by atoms with Crippen LogP contribution in [-0.4, -0.2) is 55.2 Å². The van der Waals surface area contributed by atoms with Gasteiger partial charge >= 0.3 is 12.1 Å². The number of nitrogens with zero attached hydrogens (tertiary/aromatic N) is 1. The second kappa shape index (κ2) is 10.8. The van der Waals surface area contributed by atoms with Gasteiger partial charge in [0.1, 0.15) is 5.60 Å². The molecule has 1 N–H and O–H groups in total. The number of likely N-dealkylation sites (tertiary alicyclic amines) is 1. The summed E-state index contributed by atoms with van der Waals surface area (Å²) in [4.78, 5) is 26.5. The molecule has 1 fully saturated rings. The fraction of sp³-hybridized carbons (Fsp3) is 0.692. The summed E-state index contributed by atoms with van der Waals surface area (Å²) < 4.78 is 17.3. The van der Waals surface area contributed by atoms with Crippen LogP contribution >= 0.6 is 0 Å². The van der Waals surface area contributed by atoms with Crippen molar-refractivity contribution >= 4 is 20.4 Å². The molecule has 192 valence electrons. The fourth-order valence-corrected chi connectivity index (χ4v) is 5.11. The largest absolute Gasteiger partial charge is 0.466 e. The molecule has 0 unspecified atom stereocenters. The van der Waals surface area contributed by atoms with E-state index in [4.69, 9.17) is 13.9 Å². The summed E-state index contributed by atoms with van der Waals surface area (Å²) in [5.41, 5.74) is 0.980. The Labute approximate surface area is 205 Å². The number of hydrogen-bond acceptors (Lipinski definition) is 6. The van der Waals surface area contributed by atoms with Crippen LogP contribution in [0.25, 0.3) is 0 Å². The van der Waals surface area contributed by atoms with Gasteiger partial charge in [-0.25, -0.2) is 4.79 Å². The molecule has 0 aliphatic carbocycles. The molecule has 1 aromatic carbocycles. The van der Waals surface area contributed by atoms with Gasteiger partial charge in [-0.2, -0.15) is 0 Å². The Kier molecular flexibility index (Phi) is 8.99. The highest BCUT2D eigenvalue weighted by atomic mass is 28.4. The summed E-state index contributed by atoms with van der Waals surface area (Å²) in [6.07, 6.45) is -0.787. The van der Waals surface area contributed by atoms with Crippen molar-refractivity contribution in [2.75, 3.05) is 13.2 Å². The molecule has 1 heterocycles. The average molecular weight is 494 g/mol. The zero-order chi connectivity index (χ0) is 25.9. The van der Waals surface area contributed by atoms with E-state index >= 15 is 0 Å². The van der Waals surface area contributed by atoms with Gasteiger partial charge < -0.3 is 19.0 Å². The first-order chi connectivity index (χ1) is 15.5. The van der Waals surface area contributed by atoms with Crippen LogP contribution in [0.3, 0.4) is 0 Å². The predicted molar refractivity (Wildman–Crippen MR) is 135 cm³/mol. The molecule has 0 spiro atoms. The van der Waals surface area contributed by atoms with Gasteiger partial charge in [-0.3, -0.25) is 9.69 Å². The van der Waals surface area contributed by atoms with Gasteiger partial charge in [-0.1, -0.05) is 45.0 Å².